The topological polar surface area (TPSA) is 49.3 Å². The summed E-state index contributed by atoms with van der Waals surface area (Å²) >= 11 is 6.00. The van der Waals surface area contributed by atoms with Crippen LogP contribution in [0.25, 0.3) is 0 Å². The van der Waals surface area contributed by atoms with E-state index in [1.54, 1.807) is 24.3 Å². The minimum atomic E-state index is -0.360. The van der Waals surface area contributed by atoms with Crippen LogP contribution in [0.3, 0.4) is 0 Å². The van der Waals surface area contributed by atoms with Gasteiger partial charge >= 0.3 is 0 Å². The number of hydrogen-bond acceptors (Lipinski definition) is 2. The normalized spacial score (nSPS) is 10.3. The number of rotatable bonds is 2. The molecule has 0 atom stereocenters. The number of carbonyl (C=O) groups excluding carboxylic acids is 1. The fourth-order valence-corrected chi connectivity index (χ4v) is 1.88. The molecule has 0 bridgehead atoms. The minimum absolute atomic E-state index is 0.0405. The molecule has 0 heterocycles. The highest BCUT2D eigenvalue weighted by atomic mass is 35.5. The van der Waals surface area contributed by atoms with E-state index < -0.39 is 0 Å². The number of anilines is 1. The average molecular weight is 276 g/mol. The summed E-state index contributed by atoms with van der Waals surface area (Å²) in [6.07, 6.45) is 0. The molecule has 0 aromatic heterocycles. The first-order valence-corrected chi connectivity index (χ1v) is 6.22. The summed E-state index contributed by atoms with van der Waals surface area (Å²) in [5.41, 5.74) is 2.70. The molecule has 2 N–H and O–H groups in total. The van der Waals surface area contributed by atoms with Crippen molar-refractivity contribution in [2.24, 2.45) is 0 Å². The first-order valence-electron chi connectivity index (χ1n) is 5.84. The van der Waals surface area contributed by atoms with E-state index in [0.29, 0.717) is 10.7 Å². The van der Waals surface area contributed by atoms with Crippen molar-refractivity contribution in [3.63, 3.8) is 0 Å². The molecule has 0 radical (unpaired) electrons. The summed E-state index contributed by atoms with van der Waals surface area (Å²) in [6.45, 7) is 3.75. The van der Waals surface area contributed by atoms with Gasteiger partial charge in [-0.15, -0.1) is 0 Å². The van der Waals surface area contributed by atoms with Crippen LogP contribution in [0.5, 0.6) is 5.75 Å². The Labute approximate surface area is 116 Å². The second-order valence-corrected chi connectivity index (χ2v) is 4.85. The number of carbonyl (C=O) groups is 1. The second-order valence-electron chi connectivity index (χ2n) is 4.44. The summed E-state index contributed by atoms with van der Waals surface area (Å²) in [5.74, 6) is -0.401. The molecule has 2 aromatic carbocycles. The Morgan fingerprint density at radius 3 is 2.58 bits per heavy atom. The number of benzene rings is 2. The second kappa shape index (κ2) is 5.33. The van der Waals surface area contributed by atoms with E-state index in [2.05, 4.69) is 5.32 Å². The van der Waals surface area contributed by atoms with Crippen LogP contribution in [0.2, 0.25) is 5.02 Å². The molecule has 2 rings (SSSR count). The summed E-state index contributed by atoms with van der Waals surface area (Å²) in [4.78, 5) is 12.1. The number of amides is 1. The Bertz CT molecular complexity index is 638. The molecule has 4 heteroatoms. The van der Waals surface area contributed by atoms with Crippen LogP contribution in [0, 0.1) is 13.8 Å². The molecule has 3 nitrogen and oxygen atoms in total. The lowest BCUT2D eigenvalue weighted by molar-refractivity contribution is 0.102. The molecule has 0 aliphatic heterocycles. The summed E-state index contributed by atoms with van der Waals surface area (Å²) in [6, 6.07) is 10.2. The van der Waals surface area contributed by atoms with Gasteiger partial charge in [-0.2, -0.15) is 0 Å². The first-order chi connectivity index (χ1) is 8.97. The van der Waals surface area contributed by atoms with Crippen LogP contribution in [0.4, 0.5) is 5.69 Å². The molecule has 2 aromatic rings. The number of phenolic OH excluding ortho intramolecular Hbond substituents is 1. The van der Waals surface area contributed by atoms with Crippen molar-refractivity contribution in [2.45, 2.75) is 13.8 Å². The van der Waals surface area contributed by atoms with Gasteiger partial charge in [0.15, 0.2) is 0 Å². The van der Waals surface area contributed by atoms with Crippen molar-refractivity contribution in [1.82, 2.24) is 0 Å². The number of aryl methyl sites for hydroxylation is 2. The van der Waals surface area contributed by atoms with Gasteiger partial charge in [0.1, 0.15) is 5.75 Å². The summed E-state index contributed by atoms with van der Waals surface area (Å²) in [5, 5.41) is 13.0. The molecule has 0 aliphatic carbocycles. The zero-order valence-corrected chi connectivity index (χ0v) is 11.5. The van der Waals surface area contributed by atoms with E-state index >= 15 is 0 Å². The SMILES string of the molecule is Cc1ccc(O)c(C(=O)Nc2ccc(C)c(Cl)c2)c1. The number of aromatic hydroxyl groups is 1. The van der Waals surface area contributed by atoms with E-state index in [-0.39, 0.29) is 17.2 Å². The molecule has 1 amide bonds. The predicted octanol–water partition coefficient (Wildman–Crippen LogP) is 3.91. The Kier molecular flexibility index (Phi) is 3.76. The third kappa shape index (κ3) is 3.06. The van der Waals surface area contributed by atoms with Crippen LogP contribution in [-0.2, 0) is 0 Å². The Morgan fingerprint density at radius 1 is 1.16 bits per heavy atom. The molecule has 0 aliphatic rings. The van der Waals surface area contributed by atoms with Crippen LogP contribution >= 0.6 is 11.6 Å². The molecule has 0 unspecified atom stereocenters. The minimum Gasteiger partial charge on any atom is -0.507 e. The van der Waals surface area contributed by atoms with Gasteiger partial charge < -0.3 is 10.4 Å². The van der Waals surface area contributed by atoms with Crippen LogP contribution in [0.15, 0.2) is 36.4 Å². The van der Waals surface area contributed by atoms with Crippen molar-refractivity contribution in [3.8, 4) is 5.75 Å². The molecule has 0 saturated heterocycles. The third-order valence-corrected chi connectivity index (χ3v) is 3.23. The molecule has 0 spiro atoms. The van der Waals surface area contributed by atoms with Crippen molar-refractivity contribution in [2.75, 3.05) is 5.32 Å². The average Bonchev–Trinajstić information content (AvgIpc) is 2.36. The van der Waals surface area contributed by atoms with Crippen LogP contribution < -0.4 is 5.32 Å². The molecule has 98 valence electrons. The van der Waals surface area contributed by atoms with Crippen molar-refractivity contribution < 1.29 is 9.90 Å². The Balaban J connectivity index is 2.25. The largest absolute Gasteiger partial charge is 0.507 e. The Morgan fingerprint density at radius 2 is 1.89 bits per heavy atom. The van der Waals surface area contributed by atoms with Crippen LogP contribution in [0.1, 0.15) is 21.5 Å². The van der Waals surface area contributed by atoms with E-state index in [9.17, 15) is 9.90 Å². The quantitative estimate of drug-likeness (QED) is 0.873. The van der Waals surface area contributed by atoms with Crippen molar-refractivity contribution in [3.05, 3.63) is 58.1 Å². The predicted molar refractivity (Wildman–Crippen MR) is 77.0 cm³/mol. The Hall–Kier alpha value is -2.00. The first kappa shape index (κ1) is 13.4. The van der Waals surface area contributed by atoms with E-state index in [1.165, 1.54) is 6.07 Å². The van der Waals surface area contributed by atoms with Gasteiger partial charge in [0, 0.05) is 10.7 Å². The molecule has 19 heavy (non-hydrogen) atoms. The number of phenols is 1. The fourth-order valence-electron chi connectivity index (χ4n) is 1.70. The van der Waals surface area contributed by atoms with E-state index in [4.69, 9.17) is 11.6 Å². The smallest absolute Gasteiger partial charge is 0.259 e. The van der Waals surface area contributed by atoms with E-state index in [1.807, 2.05) is 19.9 Å². The van der Waals surface area contributed by atoms with Gasteiger partial charge in [0.25, 0.3) is 5.91 Å². The lowest BCUT2D eigenvalue weighted by Crippen LogP contribution is -2.12. The third-order valence-electron chi connectivity index (χ3n) is 2.83. The molecular formula is C15H14ClNO2. The van der Waals surface area contributed by atoms with Gasteiger partial charge in [-0.1, -0.05) is 29.3 Å². The highest BCUT2D eigenvalue weighted by molar-refractivity contribution is 6.31. The van der Waals surface area contributed by atoms with Crippen LogP contribution in [-0.4, -0.2) is 11.0 Å². The highest BCUT2D eigenvalue weighted by Gasteiger charge is 2.11. The maximum Gasteiger partial charge on any atom is 0.259 e. The highest BCUT2D eigenvalue weighted by Crippen LogP contribution is 2.23. The van der Waals surface area contributed by atoms with Gasteiger partial charge in [0.05, 0.1) is 5.56 Å². The van der Waals surface area contributed by atoms with Gasteiger partial charge in [-0.25, -0.2) is 0 Å². The fraction of sp³-hybridized carbons (Fsp3) is 0.133. The molecule has 0 fully saturated rings. The summed E-state index contributed by atoms with van der Waals surface area (Å²) < 4.78 is 0. The number of halogens is 1. The standard InChI is InChI=1S/C15H14ClNO2/c1-9-3-6-14(18)12(7-9)15(19)17-11-5-4-10(2)13(16)8-11/h3-8,18H,1-2H3,(H,17,19). The van der Waals surface area contributed by atoms with Gasteiger partial charge in [-0.3, -0.25) is 4.79 Å². The van der Waals surface area contributed by atoms with Crippen molar-refractivity contribution in [1.29, 1.82) is 0 Å². The maximum absolute atomic E-state index is 12.1. The lowest BCUT2D eigenvalue weighted by Gasteiger charge is -2.08. The monoisotopic (exact) mass is 275 g/mol. The summed E-state index contributed by atoms with van der Waals surface area (Å²) in [7, 11) is 0. The number of hydrogen-bond donors (Lipinski definition) is 2. The van der Waals surface area contributed by atoms with E-state index in [0.717, 1.165) is 11.1 Å². The molecular weight excluding hydrogens is 262 g/mol. The van der Waals surface area contributed by atoms with Gasteiger partial charge in [-0.05, 0) is 43.7 Å². The number of nitrogens with one attached hydrogen (secondary N) is 1. The lowest BCUT2D eigenvalue weighted by atomic mass is 10.1. The van der Waals surface area contributed by atoms with Gasteiger partial charge in [0.2, 0.25) is 0 Å². The molecule has 0 saturated carbocycles. The zero-order valence-electron chi connectivity index (χ0n) is 10.7. The van der Waals surface area contributed by atoms with Crippen molar-refractivity contribution >= 4 is 23.2 Å². The zero-order chi connectivity index (χ0) is 14.0. The maximum atomic E-state index is 12.1.